The molecule has 0 radical (unpaired) electrons. The number of aryl methyl sites for hydroxylation is 1. The molecule has 178 valence electrons. The number of halogens is 3. The van der Waals surface area contributed by atoms with Crippen molar-refractivity contribution in [3.8, 4) is 6.01 Å². The fraction of sp³-hybridized carbons (Fsp3) is 0.550. The lowest BCUT2D eigenvalue weighted by atomic mass is 10.2. The highest BCUT2D eigenvalue weighted by Crippen LogP contribution is 2.35. The molecule has 4 rings (SSSR count). The van der Waals surface area contributed by atoms with Gasteiger partial charge in [0.15, 0.2) is 5.82 Å². The van der Waals surface area contributed by atoms with Gasteiger partial charge in [-0.15, -0.1) is 21.5 Å². The number of thiophene rings is 1. The summed E-state index contributed by atoms with van der Waals surface area (Å²) in [4.78, 5) is 24.1. The van der Waals surface area contributed by atoms with Gasteiger partial charge >= 0.3 is 12.2 Å². The average Bonchev–Trinajstić information content (AvgIpc) is 3.34. The Labute approximate surface area is 192 Å². The topological polar surface area (TPSA) is 98.1 Å². The average molecular weight is 484 g/mol. The van der Waals surface area contributed by atoms with Crippen LogP contribution in [0.4, 0.5) is 19.0 Å². The molecule has 1 amide bonds. The van der Waals surface area contributed by atoms with Crippen LogP contribution >= 0.6 is 11.3 Å². The zero-order valence-corrected chi connectivity index (χ0v) is 19.3. The number of rotatable bonds is 7. The molecular formula is C20H24F3N7O2S. The third-order valence-electron chi connectivity index (χ3n) is 5.12. The van der Waals surface area contributed by atoms with Crippen LogP contribution in [0.2, 0.25) is 0 Å². The second-order valence-electron chi connectivity index (χ2n) is 7.93. The number of anilines is 1. The van der Waals surface area contributed by atoms with Crippen LogP contribution < -0.4 is 15.0 Å². The maximum atomic E-state index is 13.2. The molecule has 13 heteroatoms. The van der Waals surface area contributed by atoms with Gasteiger partial charge < -0.3 is 19.5 Å². The molecular weight excluding hydrogens is 459 g/mol. The summed E-state index contributed by atoms with van der Waals surface area (Å²) in [5, 5.41) is 10.7. The Balaban J connectivity index is 1.65. The van der Waals surface area contributed by atoms with Gasteiger partial charge in [0.05, 0.1) is 18.0 Å². The van der Waals surface area contributed by atoms with E-state index in [1.54, 1.807) is 18.3 Å². The molecule has 0 spiro atoms. The minimum Gasteiger partial charge on any atom is -0.461 e. The van der Waals surface area contributed by atoms with Crippen molar-refractivity contribution in [2.45, 2.75) is 58.9 Å². The number of amides is 1. The number of alkyl halides is 3. The van der Waals surface area contributed by atoms with Crippen LogP contribution in [0.25, 0.3) is 10.2 Å². The maximum absolute atomic E-state index is 13.2. The van der Waals surface area contributed by atoms with Crippen molar-refractivity contribution in [2.75, 3.05) is 18.1 Å². The number of carbonyl (C=O) groups excluding carboxylic acids is 1. The highest BCUT2D eigenvalue weighted by atomic mass is 32.1. The number of nitrogens with zero attached hydrogens (tertiary/aromatic N) is 6. The number of fused-ring (bicyclic) bond motifs is 2. The van der Waals surface area contributed by atoms with E-state index in [9.17, 15) is 18.0 Å². The van der Waals surface area contributed by atoms with Crippen molar-refractivity contribution >= 4 is 33.3 Å². The predicted octanol–water partition coefficient (Wildman–Crippen LogP) is 3.18. The Hall–Kier alpha value is -2.96. The van der Waals surface area contributed by atoms with Gasteiger partial charge in [0.2, 0.25) is 11.7 Å². The normalized spacial score (nSPS) is 14.9. The molecule has 1 unspecified atom stereocenters. The summed E-state index contributed by atoms with van der Waals surface area (Å²) in [5.74, 6) is -0.335. The second-order valence-corrected chi connectivity index (χ2v) is 9.05. The van der Waals surface area contributed by atoms with Gasteiger partial charge in [0, 0.05) is 24.9 Å². The summed E-state index contributed by atoms with van der Waals surface area (Å²) >= 11 is 1.54. The molecule has 33 heavy (non-hydrogen) atoms. The van der Waals surface area contributed by atoms with Crippen molar-refractivity contribution in [1.29, 1.82) is 0 Å². The number of hydrogen-bond acceptors (Lipinski definition) is 8. The van der Waals surface area contributed by atoms with Crippen LogP contribution in [-0.4, -0.2) is 49.8 Å². The van der Waals surface area contributed by atoms with E-state index in [2.05, 4.69) is 32.4 Å². The molecule has 4 heterocycles. The van der Waals surface area contributed by atoms with Crippen LogP contribution in [0.5, 0.6) is 6.01 Å². The molecule has 1 N–H and O–H groups in total. The standard InChI is InChI=1S/C20H24F3N7O2S/c1-4-5-13-8-14-16(25-19(26-17(14)33-13)32-10-11(2)24-12(3)31)29-6-7-30-15(9-29)27-28-18(30)20(21,22)23/h8,11H,4-7,9-10H2,1-3H3,(H,24,31). The van der Waals surface area contributed by atoms with Gasteiger partial charge in [-0.05, 0) is 19.4 Å². The summed E-state index contributed by atoms with van der Waals surface area (Å²) < 4.78 is 46.5. The van der Waals surface area contributed by atoms with Crippen molar-refractivity contribution in [3.05, 3.63) is 22.6 Å². The molecule has 0 saturated heterocycles. The molecule has 9 nitrogen and oxygen atoms in total. The van der Waals surface area contributed by atoms with Gasteiger partial charge in [0.25, 0.3) is 0 Å². The molecule has 3 aromatic rings. The van der Waals surface area contributed by atoms with Gasteiger partial charge in [-0.25, -0.2) is 0 Å². The lowest BCUT2D eigenvalue weighted by Gasteiger charge is -2.29. The minimum absolute atomic E-state index is 0.0877. The van der Waals surface area contributed by atoms with E-state index in [-0.39, 0.29) is 43.5 Å². The first kappa shape index (κ1) is 23.2. The number of nitrogens with one attached hydrogen (secondary N) is 1. The Morgan fingerprint density at radius 2 is 2.09 bits per heavy atom. The summed E-state index contributed by atoms with van der Waals surface area (Å²) in [6.45, 7) is 6.03. The number of carbonyl (C=O) groups is 1. The maximum Gasteiger partial charge on any atom is 0.451 e. The molecule has 0 aromatic carbocycles. The summed E-state index contributed by atoms with van der Waals surface area (Å²) in [7, 11) is 0. The fourth-order valence-corrected chi connectivity index (χ4v) is 4.86. The van der Waals surface area contributed by atoms with Gasteiger partial charge in [-0.3, -0.25) is 4.79 Å². The van der Waals surface area contributed by atoms with Crippen molar-refractivity contribution in [2.24, 2.45) is 0 Å². The van der Waals surface area contributed by atoms with Gasteiger partial charge in [0.1, 0.15) is 17.3 Å². The first-order valence-electron chi connectivity index (χ1n) is 10.6. The van der Waals surface area contributed by atoms with E-state index in [0.29, 0.717) is 12.4 Å². The minimum atomic E-state index is -4.55. The van der Waals surface area contributed by atoms with E-state index in [1.807, 2.05) is 11.0 Å². The third kappa shape index (κ3) is 5.02. The lowest BCUT2D eigenvalue weighted by molar-refractivity contribution is -0.147. The molecule has 0 fully saturated rings. The van der Waals surface area contributed by atoms with Crippen LogP contribution in [-0.2, 0) is 30.5 Å². The molecule has 0 saturated carbocycles. The highest BCUT2D eigenvalue weighted by molar-refractivity contribution is 7.18. The monoisotopic (exact) mass is 483 g/mol. The Bertz CT molecular complexity index is 1160. The van der Waals surface area contributed by atoms with Crippen molar-refractivity contribution in [1.82, 2.24) is 30.0 Å². The van der Waals surface area contributed by atoms with E-state index in [0.717, 1.165) is 32.5 Å². The molecule has 0 aliphatic carbocycles. The smallest absolute Gasteiger partial charge is 0.451 e. The van der Waals surface area contributed by atoms with Crippen LogP contribution in [0, 0.1) is 0 Å². The Kier molecular flexibility index (Phi) is 6.41. The molecule has 1 aliphatic rings. The summed E-state index contributed by atoms with van der Waals surface area (Å²) in [6, 6.07) is 1.95. The molecule has 0 bridgehead atoms. The molecule has 1 aliphatic heterocycles. The zero-order valence-electron chi connectivity index (χ0n) is 18.4. The second kappa shape index (κ2) is 9.12. The SMILES string of the molecule is CCCc1cc2c(N3CCn4c(nnc4C(F)(F)F)C3)nc(OCC(C)NC(C)=O)nc2s1. The van der Waals surface area contributed by atoms with Crippen molar-refractivity contribution < 1.29 is 22.7 Å². The molecule has 3 aromatic heterocycles. The van der Waals surface area contributed by atoms with E-state index >= 15 is 0 Å². The number of aromatic nitrogens is 5. The largest absolute Gasteiger partial charge is 0.461 e. The van der Waals surface area contributed by atoms with Crippen LogP contribution in [0.15, 0.2) is 6.07 Å². The zero-order chi connectivity index (χ0) is 23.8. The summed E-state index contributed by atoms with van der Waals surface area (Å²) in [6.07, 6.45) is -2.69. The Morgan fingerprint density at radius 1 is 1.30 bits per heavy atom. The highest BCUT2D eigenvalue weighted by Gasteiger charge is 2.39. The number of ether oxygens (including phenoxy) is 1. The van der Waals surface area contributed by atoms with E-state index in [1.165, 1.54) is 6.92 Å². The summed E-state index contributed by atoms with van der Waals surface area (Å²) in [5.41, 5.74) is 0. The van der Waals surface area contributed by atoms with Crippen LogP contribution in [0.3, 0.4) is 0 Å². The van der Waals surface area contributed by atoms with E-state index < -0.39 is 12.0 Å². The van der Waals surface area contributed by atoms with Crippen molar-refractivity contribution in [3.63, 3.8) is 0 Å². The third-order valence-corrected chi connectivity index (χ3v) is 6.21. The quantitative estimate of drug-likeness (QED) is 0.551. The predicted molar refractivity (Wildman–Crippen MR) is 116 cm³/mol. The van der Waals surface area contributed by atoms with E-state index in [4.69, 9.17) is 4.74 Å². The first-order chi connectivity index (χ1) is 15.7. The Morgan fingerprint density at radius 3 is 2.79 bits per heavy atom. The number of hydrogen-bond donors (Lipinski definition) is 1. The lowest BCUT2D eigenvalue weighted by Crippen LogP contribution is -2.36. The first-order valence-corrected chi connectivity index (χ1v) is 11.4. The van der Waals surface area contributed by atoms with Crippen LogP contribution in [0.1, 0.15) is 43.7 Å². The van der Waals surface area contributed by atoms with Gasteiger partial charge in [-0.1, -0.05) is 13.3 Å². The fourth-order valence-electron chi connectivity index (χ4n) is 3.75. The van der Waals surface area contributed by atoms with Gasteiger partial charge in [-0.2, -0.15) is 23.1 Å². The molecule has 1 atom stereocenters.